The fourth-order valence-electron chi connectivity index (χ4n) is 1.73. The van der Waals surface area contributed by atoms with E-state index in [-0.39, 0.29) is 0 Å². The van der Waals surface area contributed by atoms with Gasteiger partial charge in [-0.15, -0.1) is 0 Å². The maximum atomic E-state index is 5.21. The van der Waals surface area contributed by atoms with Crippen LogP contribution in [0.15, 0.2) is 28.7 Å². The van der Waals surface area contributed by atoms with Gasteiger partial charge in [0, 0.05) is 15.6 Å². The molecule has 0 spiro atoms. The van der Waals surface area contributed by atoms with Crippen LogP contribution in [0.3, 0.4) is 0 Å². The molecule has 2 nitrogen and oxygen atoms in total. The van der Waals surface area contributed by atoms with Crippen molar-refractivity contribution < 1.29 is 4.74 Å². The number of fused-ring (bicyclic) bond motifs is 1. The first-order valence-electron chi connectivity index (χ1n) is 5.37. The lowest BCUT2D eigenvalue weighted by molar-refractivity contribution is 0.415. The van der Waals surface area contributed by atoms with Crippen LogP contribution in [0.25, 0.3) is 10.9 Å². The fraction of sp³-hybridized carbons (Fsp3) is 0.308. The molecule has 0 atom stereocenters. The molecule has 1 heterocycles. The largest absolute Gasteiger partial charge is 0.497 e. The van der Waals surface area contributed by atoms with Gasteiger partial charge >= 0.3 is 0 Å². The minimum Gasteiger partial charge on any atom is -0.497 e. The molecule has 0 aliphatic rings. The van der Waals surface area contributed by atoms with Crippen molar-refractivity contribution in [3.8, 4) is 5.75 Å². The predicted octanol–water partition coefficient (Wildman–Crippen LogP) is 3.96. The molecule has 0 aliphatic carbocycles. The van der Waals surface area contributed by atoms with E-state index in [1.54, 1.807) is 7.11 Å². The van der Waals surface area contributed by atoms with Gasteiger partial charge in [0.25, 0.3) is 0 Å². The molecule has 0 unspecified atom stereocenters. The van der Waals surface area contributed by atoms with E-state index in [4.69, 9.17) is 4.74 Å². The highest BCUT2D eigenvalue weighted by molar-refractivity contribution is 9.10. The zero-order valence-electron chi connectivity index (χ0n) is 9.46. The SMILES string of the molecule is CCCc1cc(Br)c2cc(OC)ccc2n1. The first kappa shape index (κ1) is 11.4. The number of aromatic nitrogens is 1. The predicted molar refractivity (Wildman–Crippen MR) is 70.0 cm³/mol. The van der Waals surface area contributed by atoms with E-state index in [9.17, 15) is 0 Å². The zero-order valence-corrected chi connectivity index (χ0v) is 11.0. The van der Waals surface area contributed by atoms with Crippen LogP contribution in [0.4, 0.5) is 0 Å². The Kier molecular flexibility index (Phi) is 3.44. The Bertz CT molecular complexity index is 511. The molecule has 16 heavy (non-hydrogen) atoms. The van der Waals surface area contributed by atoms with Crippen molar-refractivity contribution in [1.29, 1.82) is 0 Å². The number of benzene rings is 1. The number of rotatable bonds is 3. The Hall–Kier alpha value is -1.09. The van der Waals surface area contributed by atoms with Crippen molar-refractivity contribution in [3.63, 3.8) is 0 Å². The number of ether oxygens (including phenoxy) is 1. The molecule has 0 amide bonds. The summed E-state index contributed by atoms with van der Waals surface area (Å²) in [5.41, 5.74) is 2.14. The van der Waals surface area contributed by atoms with E-state index in [0.29, 0.717) is 0 Å². The summed E-state index contributed by atoms with van der Waals surface area (Å²) in [5.74, 6) is 0.859. The fourth-order valence-corrected chi connectivity index (χ4v) is 2.31. The van der Waals surface area contributed by atoms with Crippen molar-refractivity contribution in [1.82, 2.24) is 4.98 Å². The molecule has 0 bridgehead atoms. The molecule has 84 valence electrons. The summed E-state index contributed by atoms with van der Waals surface area (Å²) in [6.45, 7) is 2.16. The van der Waals surface area contributed by atoms with Crippen LogP contribution >= 0.6 is 15.9 Å². The molecular formula is C13H14BrNO. The summed E-state index contributed by atoms with van der Waals surface area (Å²) < 4.78 is 6.29. The van der Waals surface area contributed by atoms with Crippen molar-refractivity contribution >= 4 is 26.8 Å². The first-order chi connectivity index (χ1) is 7.74. The Morgan fingerprint density at radius 1 is 1.31 bits per heavy atom. The van der Waals surface area contributed by atoms with E-state index in [1.807, 2.05) is 18.2 Å². The van der Waals surface area contributed by atoms with Crippen LogP contribution in [-0.4, -0.2) is 12.1 Å². The lowest BCUT2D eigenvalue weighted by Gasteiger charge is -2.06. The number of hydrogen-bond donors (Lipinski definition) is 0. The molecule has 0 fully saturated rings. The second kappa shape index (κ2) is 4.83. The summed E-state index contributed by atoms with van der Waals surface area (Å²) >= 11 is 3.59. The van der Waals surface area contributed by atoms with Gasteiger partial charge in [-0.2, -0.15) is 0 Å². The molecule has 0 saturated heterocycles. The summed E-state index contributed by atoms with van der Waals surface area (Å²) in [7, 11) is 1.67. The molecule has 3 heteroatoms. The highest BCUT2D eigenvalue weighted by atomic mass is 79.9. The maximum Gasteiger partial charge on any atom is 0.119 e. The lowest BCUT2D eigenvalue weighted by Crippen LogP contribution is -1.91. The molecule has 0 aliphatic heterocycles. The van der Waals surface area contributed by atoms with E-state index in [1.165, 1.54) is 0 Å². The second-order valence-corrected chi connectivity index (χ2v) is 4.58. The van der Waals surface area contributed by atoms with Crippen LogP contribution in [0.2, 0.25) is 0 Å². The molecule has 0 radical (unpaired) electrons. The van der Waals surface area contributed by atoms with Crippen LogP contribution in [0.1, 0.15) is 19.0 Å². The molecule has 1 aromatic carbocycles. The van der Waals surface area contributed by atoms with Gasteiger partial charge in [0.05, 0.1) is 12.6 Å². The minimum absolute atomic E-state index is 0.859. The van der Waals surface area contributed by atoms with Crippen molar-refractivity contribution in [2.24, 2.45) is 0 Å². The second-order valence-electron chi connectivity index (χ2n) is 3.73. The number of aryl methyl sites for hydroxylation is 1. The van der Waals surface area contributed by atoms with Gasteiger partial charge in [0.1, 0.15) is 5.75 Å². The van der Waals surface area contributed by atoms with E-state index in [2.05, 4.69) is 33.9 Å². The number of hydrogen-bond acceptors (Lipinski definition) is 2. The quantitative estimate of drug-likeness (QED) is 0.849. The van der Waals surface area contributed by atoms with Gasteiger partial charge in [-0.05, 0) is 30.7 Å². The Morgan fingerprint density at radius 3 is 2.81 bits per heavy atom. The van der Waals surface area contributed by atoms with Crippen LogP contribution in [0.5, 0.6) is 5.75 Å². The third-order valence-electron chi connectivity index (χ3n) is 2.52. The van der Waals surface area contributed by atoms with Crippen LogP contribution < -0.4 is 4.74 Å². The maximum absolute atomic E-state index is 5.21. The summed E-state index contributed by atoms with van der Waals surface area (Å²) in [5, 5.41) is 1.10. The normalized spacial score (nSPS) is 10.7. The average Bonchev–Trinajstić information content (AvgIpc) is 2.29. The topological polar surface area (TPSA) is 22.1 Å². The Labute approximate surface area is 104 Å². The summed E-state index contributed by atoms with van der Waals surface area (Å²) in [6, 6.07) is 8.03. The Morgan fingerprint density at radius 2 is 2.12 bits per heavy atom. The van der Waals surface area contributed by atoms with Crippen molar-refractivity contribution in [3.05, 3.63) is 34.4 Å². The zero-order chi connectivity index (χ0) is 11.5. The average molecular weight is 280 g/mol. The third-order valence-corrected chi connectivity index (χ3v) is 3.18. The standard InChI is InChI=1S/C13H14BrNO/c1-3-4-9-7-12(14)11-8-10(16-2)5-6-13(11)15-9/h5-8H,3-4H2,1-2H3. The molecule has 1 aromatic heterocycles. The molecule has 2 rings (SSSR count). The highest BCUT2D eigenvalue weighted by Gasteiger charge is 2.04. The van der Waals surface area contributed by atoms with E-state index in [0.717, 1.165) is 39.7 Å². The monoisotopic (exact) mass is 279 g/mol. The van der Waals surface area contributed by atoms with E-state index < -0.39 is 0 Å². The van der Waals surface area contributed by atoms with Gasteiger partial charge < -0.3 is 4.74 Å². The summed E-state index contributed by atoms with van der Waals surface area (Å²) in [4.78, 5) is 4.62. The molecular weight excluding hydrogens is 266 g/mol. The van der Waals surface area contributed by atoms with Gasteiger partial charge in [-0.25, -0.2) is 0 Å². The number of halogens is 1. The first-order valence-corrected chi connectivity index (χ1v) is 6.17. The van der Waals surface area contributed by atoms with Gasteiger partial charge in [-0.3, -0.25) is 4.98 Å². The van der Waals surface area contributed by atoms with Gasteiger partial charge in [-0.1, -0.05) is 29.3 Å². The Balaban J connectivity index is 2.57. The molecule has 0 N–H and O–H groups in total. The summed E-state index contributed by atoms with van der Waals surface area (Å²) in [6.07, 6.45) is 2.13. The van der Waals surface area contributed by atoms with Crippen molar-refractivity contribution in [2.45, 2.75) is 19.8 Å². The highest BCUT2D eigenvalue weighted by Crippen LogP contribution is 2.27. The van der Waals surface area contributed by atoms with Gasteiger partial charge in [0.2, 0.25) is 0 Å². The van der Waals surface area contributed by atoms with Gasteiger partial charge in [0.15, 0.2) is 0 Å². The third kappa shape index (κ3) is 2.19. The van der Waals surface area contributed by atoms with Crippen molar-refractivity contribution in [2.75, 3.05) is 7.11 Å². The molecule has 2 aromatic rings. The van der Waals surface area contributed by atoms with Crippen LogP contribution in [-0.2, 0) is 6.42 Å². The van der Waals surface area contributed by atoms with Crippen LogP contribution in [0, 0.1) is 0 Å². The lowest BCUT2D eigenvalue weighted by atomic mass is 10.1. The number of nitrogens with zero attached hydrogens (tertiary/aromatic N) is 1. The smallest absolute Gasteiger partial charge is 0.119 e. The number of methoxy groups -OCH3 is 1. The number of pyridine rings is 1. The van der Waals surface area contributed by atoms with E-state index >= 15 is 0 Å². The molecule has 0 saturated carbocycles. The minimum atomic E-state index is 0.859.